The van der Waals surface area contributed by atoms with Crippen LogP contribution in [0.1, 0.15) is 38.5 Å². The van der Waals surface area contributed by atoms with E-state index in [-0.39, 0.29) is 22.6 Å². The van der Waals surface area contributed by atoms with Crippen LogP contribution in [-0.2, 0) is 16.3 Å². The van der Waals surface area contributed by atoms with E-state index in [2.05, 4.69) is 26.2 Å². The molecular formula is C19H20BrN3O3. The Labute approximate surface area is 159 Å². The predicted molar refractivity (Wildman–Crippen MR) is 98.7 cm³/mol. The van der Waals surface area contributed by atoms with Crippen molar-refractivity contribution in [3.05, 3.63) is 34.6 Å². The minimum absolute atomic E-state index is 0.0930. The van der Waals surface area contributed by atoms with Crippen molar-refractivity contribution in [3.8, 4) is 0 Å². The minimum atomic E-state index is -0.401. The van der Waals surface area contributed by atoms with Gasteiger partial charge >= 0.3 is 5.97 Å². The molecule has 0 amide bonds. The average molecular weight is 418 g/mol. The van der Waals surface area contributed by atoms with Crippen LogP contribution in [0.5, 0.6) is 0 Å². The van der Waals surface area contributed by atoms with Crippen molar-refractivity contribution >= 4 is 32.8 Å². The molecule has 0 radical (unpaired) electrons. The number of fused-ring (bicyclic) bond motifs is 1. The monoisotopic (exact) mass is 417 g/mol. The first-order valence-electron chi connectivity index (χ1n) is 9.15. The minimum Gasteiger partial charge on any atom is -0.442 e. The smallest absolute Gasteiger partial charge is 0.313 e. The SMILES string of the molecule is O=C(OCn1nnc2ccccc2c1=O)C12CC3CC(CC(Br)(C3)C1)C2. The largest absolute Gasteiger partial charge is 0.442 e. The zero-order valence-electron chi connectivity index (χ0n) is 14.4. The van der Waals surface area contributed by atoms with Gasteiger partial charge in [-0.2, -0.15) is 4.68 Å². The summed E-state index contributed by atoms with van der Waals surface area (Å²) in [5, 5.41) is 8.42. The van der Waals surface area contributed by atoms with Crippen molar-refractivity contribution < 1.29 is 9.53 Å². The Balaban J connectivity index is 1.37. The molecule has 2 atom stereocenters. The summed E-state index contributed by atoms with van der Waals surface area (Å²) in [4.78, 5) is 25.5. The Morgan fingerprint density at radius 2 is 1.96 bits per heavy atom. The van der Waals surface area contributed by atoms with Gasteiger partial charge in [0.25, 0.3) is 5.56 Å². The van der Waals surface area contributed by atoms with Crippen LogP contribution in [-0.4, -0.2) is 25.3 Å². The number of alkyl halides is 1. The van der Waals surface area contributed by atoms with E-state index in [1.54, 1.807) is 18.2 Å². The molecule has 4 bridgehead atoms. The highest BCUT2D eigenvalue weighted by atomic mass is 79.9. The highest BCUT2D eigenvalue weighted by Gasteiger charge is 2.60. The van der Waals surface area contributed by atoms with E-state index in [4.69, 9.17) is 4.74 Å². The molecule has 0 spiro atoms. The van der Waals surface area contributed by atoms with E-state index in [1.807, 2.05) is 6.07 Å². The lowest BCUT2D eigenvalue weighted by atomic mass is 9.49. The summed E-state index contributed by atoms with van der Waals surface area (Å²) in [6.45, 7) is -0.179. The van der Waals surface area contributed by atoms with E-state index in [0.29, 0.717) is 22.7 Å². The third-order valence-electron chi connectivity index (χ3n) is 6.37. The van der Waals surface area contributed by atoms with Crippen LogP contribution in [0.2, 0.25) is 0 Å². The number of hydrogen-bond acceptors (Lipinski definition) is 5. The summed E-state index contributed by atoms with van der Waals surface area (Å²) in [5.74, 6) is 1.02. The van der Waals surface area contributed by atoms with Gasteiger partial charge in [-0.15, -0.1) is 5.10 Å². The van der Waals surface area contributed by atoms with Crippen LogP contribution in [0.3, 0.4) is 0 Å². The van der Waals surface area contributed by atoms with Crippen LogP contribution in [0, 0.1) is 17.3 Å². The molecule has 2 unspecified atom stereocenters. The molecule has 1 aromatic heterocycles. The van der Waals surface area contributed by atoms with Crippen molar-refractivity contribution in [2.24, 2.45) is 17.3 Å². The van der Waals surface area contributed by atoms with Gasteiger partial charge in [-0.1, -0.05) is 33.3 Å². The molecular weight excluding hydrogens is 398 g/mol. The fourth-order valence-corrected chi connectivity index (χ4v) is 7.22. The third-order valence-corrected chi connectivity index (χ3v) is 7.30. The highest BCUT2D eigenvalue weighted by molar-refractivity contribution is 9.10. The highest BCUT2D eigenvalue weighted by Crippen LogP contribution is 2.64. The number of carbonyl (C=O) groups excluding carboxylic acids is 1. The molecule has 6 rings (SSSR count). The van der Waals surface area contributed by atoms with Gasteiger partial charge in [-0.05, 0) is 62.5 Å². The molecule has 4 saturated carbocycles. The maximum atomic E-state index is 13.0. The first kappa shape index (κ1) is 16.4. The summed E-state index contributed by atoms with van der Waals surface area (Å²) in [7, 11) is 0. The van der Waals surface area contributed by atoms with Gasteiger partial charge in [0, 0.05) is 4.32 Å². The number of carbonyl (C=O) groups is 1. The molecule has 7 heteroatoms. The first-order valence-corrected chi connectivity index (χ1v) is 9.94. The molecule has 0 N–H and O–H groups in total. The van der Waals surface area contributed by atoms with Gasteiger partial charge in [-0.3, -0.25) is 9.59 Å². The van der Waals surface area contributed by atoms with Crippen LogP contribution < -0.4 is 5.56 Å². The lowest BCUT2D eigenvalue weighted by Crippen LogP contribution is -2.56. The molecule has 1 aromatic carbocycles. The maximum Gasteiger partial charge on any atom is 0.313 e. The van der Waals surface area contributed by atoms with Crippen LogP contribution in [0.25, 0.3) is 10.9 Å². The number of esters is 1. The van der Waals surface area contributed by atoms with E-state index in [9.17, 15) is 9.59 Å². The summed E-state index contributed by atoms with van der Waals surface area (Å²) < 4.78 is 6.81. The molecule has 136 valence electrons. The molecule has 6 nitrogen and oxygen atoms in total. The summed E-state index contributed by atoms with van der Waals surface area (Å²) in [6, 6.07) is 7.04. The Hall–Kier alpha value is -1.76. The van der Waals surface area contributed by atoms with E-state index in [1.165, 1.54) is 6.42 Å². The third kappa shape index (κ3) is 2.51. The Morgan fingerprint density at radius 3 is 2.69 bits per heavy atom. The summed E-state index contributed by atoms with van der Waals surface area (Å²) >= 11 is 3.91. The standard InChI is InChI=1S/C19H20BrN3O3/c20-19-8-12-5-13(9-19)7-18(6-12,10-19)17(25)26-11-23-16(24)14-3-1-2-4-15(14)21-22-23/h1-4,12-13H,5-11H2. The average Bonchev–Trinajstić information content (AvgIpc) is 2.59. The Bertz CT molecular complexity index is 942. The Kier molecular flexibility index (Phi) is 3.55. The number of ether oxygens (including phenoxy) is 1. The molecule has 1 heterocycles. The zero-order chi connectivity index (χ0) is 17.9. The van der Waals surface area contributed by atoms with Crippen molar-refractivity contribution in [1.29, 1.82) is 0 Å². The van der Waals surface area contributed by atoms with E-state index >= 15 is 0 Å². The maximum absolute atomic E-state index is 13.0. The molecule has 0 aliphatic heterocycles. The second-order valence-corrected chi connectivity index (χ2v) is 10.0. The number of benzene rings is 1. The lowest BCUT2D eigenvalue weighted by Gasteiger charge is -2.58. The molecule has 0 saturated heterocycles. The van der Waals surface area contributed by atoms with Gasteiger partial charge in [-0.25, -0.2) is 0 Å². The van der Waals surface area contributed by atoms with Crippen LogP contribution >= 0.6 is 15.9 Å². The van der Waals surface area contributed by atoms with Gasteiger partial charge in [0.1, 0.15) is 5.52 Å². The normalized spacial score (nSPS) is 35.0. The second kappa shape index (κ2) is 5.62. The molecule has 4 aliphatic rings. The molecule has 4 aliphatic carbocycles. The molecule has 26 heavy (non-hydrogen) atoms. The fourth-order valence-electron chi connectivity index (χ4n) is 5.77. The second-order valence-electron chi connectivity index (χ2n) is 8.36. The van der Waals surface area contributed by atoms with E-state index < -0.39 is 5.41 Å². The fraction of sp³-hybridized carbons (Fsp3) is 0.579. The van der Waals surface area contributed by atoms with Crippen molar-refractivity contribution in [1.82, 2.24) is 15.0 Å². The van der Waals surface area contributed by atoms with Gasteiger partial charge in [0.05, 0.1) is 10.8 Å². The number of aromatic nitrogens is 3. The van der Waals surface area contributed by atoms with Crippen LogP contribution in [0.4, 0.5) is 0 Å². The van der Waals surface area contributed by atoms with Crippen molar-refractivity contribution in [2.45, 2.75) is 49.6 Å². The number of nitrogens with zero attached hydrogens (tertiary/aromatic N) is 3. The van der Waals surface area contributed by atoms with Crippen molar-refractivity contribution in [3.63, 3.8) is 0 Å². The molecule has 2 aromatic rings. The van der Waals surface area contributed by atoms with Crippen LogP contribution in [0.15, 0.2) is 29.1 Å². The first-order chi connectivity index (χ1) is 12.5. The van der Waals surface area contributed by atoms with Gasteiger partial charge < -0.3 is 4.74 Å². The van der Waals surface area contributed by atoms with Gasteiger partial charge in [0.15, 0.2) is 6.73 Å². The lowest BCUT2D eigenvalue weighted by molar-refractivity contribution is -0.174. The summed E-state index contributed by atoms with van der Waals surface area (Å²) in [5.41, 5.74) is -0.144. The molecule has 4 fully saturated rings. The summed E-state index contributed by atoms with van der Waals surface area (Å²) in [6.07, 6.45) is 6.21. The Morgan fingerprint density at radius 1 is 1.23 bits per heavy atom. The number of halogens is 1. The predicted octanol–water partition coefficient (Wildman–Crippen LogP) is 3.03. The number of hydrogen-bond donors (Lipinski definition) is 0. The van der Waals surface area contributed by atoms with E-state index in [0.717, 1.165) is 36.8 Å². The number of rotatable bonds is 3. The van der Waals surface area contributed by atoms with Gasteiger partial charge in [0.2, 0.25) is 0 Å². The zero-order valence-corrected chi connectivity index (χ0v) is 15.9. The topological polar surface area (TPSA) is 74.1 Å². The quantitative estimate of drug-likeness (QED) is 0.566. The van der Waals surface area contributed by atoms with Crippen molar-refractivity contribution in [2.75, 3.05) is 0 Å².